The number of aromatic amines is 1. The SMILES string of the molecule is CNc1ccc(-c2nc3cc(Nc4ncc(Cl)c(-c5c[nH]c6ccccc56)n4)ccc3n2Cc2ccc(OC)cc2)cc1. The van der Waals surface area contributed by atoms with Crippen LogP contribution in [0.1, 0.15) is 5.56 Å². The summed E-state index contributed by atoms with van der Waals surface area (Å²) in [6, 6.07) is 30.6. The van der Waals surface area contributed by atoms with Crippen molar-refractivity contribution in [2.75, 3.05) is 24.8 Å². The summed E-state index contributed by atoms with van der Waals surface area (Å²) in [5.74, 6) is 2.16. The van der Waals surface area contributed by atoms with Crippen molar-refractivity contribution in [1.29, 1.82) is 0 Å². The first-order valence-electron chi connectivity index (χ1n) is 13.9. The van der Waals surface area contributed by atoms with Gasteiger partial charge in [-0.25, -0.2) is 15.0 Å². The third-order valence-electron chi connectivity index (χ3n) is 7.52. The molecule has 3 heterocycles. The summed E-state index contributed by atoms with van der Waals surface area (Å²) in [5.41, 5.74) is 8.53. The number of rotatable bonds is 8. The van der Waals surface area contributed by atoms with Crippen molar-refractivity contribution in [2.45, 2.75) is 6.54 Å². The number of imidazole rings is 1. The van der Waals surface area contributed by atoms with Gasteiger partial charge in [-0.15, -0.1) is 0 Å². The monoisotopic (exact) mass is 585 g/mol. The predicted octanol–water partition coefficient (Wildman–Crippen LogP) is 8.14. The van der Waals surface area contributed by atoms with Crippen LogP contribution < -0.4 is 15.4 Å². The molecular formula is C34H28ClN7O. The van der Waals surface area contributed by atoms with Crippen LogP contribution in [0.3, 0.4) is 0 Å². The molecule has 3 aromatic heterocycles. The normalized spacial score (nSPS) is 11.2. The zero-order chi connectivity index (χ0) is 29.3. The molecule has 9 heteroatoms. The second-order valence-electron chi connectivity index (χ2n) is 10.2. The maximum absolute atomic E-state index is 6.56. The molecule has 0 radical (unpaired) electrons. The molecule has 8 nitrogen and oxygen atoms in total. The molecule has 43 heavy (non-hydrogen) atoms. The molecule has 0 saturated heterocycles. The average molecular weight is 586 g/mol. The largest absolute Gasteiger partial charge is 0.497 e. The first-order valence-corrected chi connectivity index (χ1v) is 14.2. The number of nitrogens with zero attached hydrogens (tertiary/aromatic N) is 4. The van der Waals surface area contributed by atoms with Gasteiger partial charge in [0.25, 0.3) is 0 Å². The van der Waals surface area contributed by atoms with E-state index >= 15 is 0 Å². The van der Waals surface area contributed by atoms with Crippen molar-refractivity contribution in [2.24, 2.45) is 0 Å². The van der Waals surface area contributed by atoms with E-state index in [0.29, 0.717) is 23.2 Å². The summed E-state index contributed by atoms with van der Waals surface area (Å²) in [4.78, 5) is 17.6. The number of methoxy groups -OCH3 is 1. The van der Waals surface area contributed by atoms with Gasteiger partial charge in [0.05, 0.1) is 35.1 Å². The number of benzene rings is 4. The van der Waals surface area contributed by atoms with Crippen molar-refractivity contribution in [3.8, 4) is 28.4 Å². The Kier molecular flexibility index (Phi) is 6.89. The number of hydrogen-bond donors (Lipinski definition) is 3. The van der Waals surface area contributed by atoms with Crippen molar-refractivity contribution < 1.29 is 4.74 Å². The summed E-state index contributed by atoms with van der Waals surface area (Å²) in [5, 5.41) is 8.07. The Bertz CT molecular complexity index is 2060. The minimum absolute atomic E-state index is 0.449. The second kappa shape index (κ2) is 11.2. The molecule has 0 amide bonds. The lowest BCUT2D eigenvalue weighted by molar-refractivity contribution is 0.414. The van der Waals surface area contributed by atoms with Crippen LogP contribution in [0.4, 0.5) is 17.3 Å². The molecule has 7 aromatic rings. The number of H-pyrrole nitrogens is 1. The summed E-state index contributed by atoms with van der Waals surface area (Å²) in [7, 11) is 3.59. The van der Waals surface area contributed by atoms with Crippen molar-refractivity contribution in [3.63, 3.8) is 0 Å². The van der Waals surface area contributed by atoms with Crippen LogP contribution in [0.25, 0.3) is 44.6 Å². The van der Waals surface area contributed by atoms with Gasteiger partial charge in [-0.3, -0.25) is 0 Å². The zero-order valence-corrected chi connectivity index (χ0v) is 24.4. The van der Waals surface area contributed by atoms with E-state index in [1.54, 1.807) is 13.3 Å². The Labute approximate surface area is 253 Å². The highest BCUT2D eigenvalue weighted by Crippen LogP contribution is 2.34. The van der Waals surface area contributed by atoms with Gasteiger partial charge < -0.3 is 24.9 Å². The lowest BCUT2D eigenvalue weighted by Crippen LogP contribution is -2.03. The van der Waals surface area contributed by atoms with E-state index in [4.69, 9.17) is 26.3 Å². The van der Waals surface area contributed by atoms with E-state index in [1.807, 2.05) is 61.8 Å². The fourth-order valence-corrected chi connectivity index (χ4v) is 5.49. The van der Waals surface area contributed by atoms with Gasteiger partial charge in [0.1, 0.15) is 11.6 Å². The Hall–Kier alpha value is -5.34. The smallest absolute Gasteiger partial charge is 0.227 e. The molecular weight excluding hydrogens is 558 g/mol. The number of hydrogen-bond acceptors (Lipinski definition) is 6. The predicted molar refractivity (Wildman–Crippen MR) is 174 cm³/mol. The first kappa shape index (κ1) is 26.6. The third-order valence-corrected chi connectivity index (χ3v) is 7.80. The van der Waals surface area contributed by atoms with E-state index in [1.165, 1.54) is 0 Å². The van der Waals surface area contributed by atoms with E-state index in [2.05, 4.69) is 67.6 Å². The number of nitrogens with one attached hydrogen (secondary N) is 3. The molecule has 0 bridgehead atoms. The molecule has 0 aliphatic carbocycles. The van der Waals surface area contributed by atoms with Gasteiger partial charge >= 0.3 is 0 Å². The number of aromatic nitrogens is 5. The fraction of sp³-hybridized carbons (Fsp3) is 0.0882. The minimum Gasteiger partial charge on any atom is -0.497 e. The van der Waals surface area contributed by atoms with Gasteiger partial charge in [0, 0.05) is 53.2 Å². The molecule has 0 spiro atoms. The van der Waals surface area contributed by atoms with Crippen LogP contribution >= 0.6 is 11.6 Å². The molecule has 0 atom stereocenters. The number of para-hydroxylation sites is 1. The average Bonchev–Trinajstić information content (AvgIpc) is 3.64. The van der Waals surface area contributed by atoms with Crippen LogP contribution in [-0.4, -0.2) is 38.7 Å². The Balaban J connectivity index is 1.25. The minimum atomic E-state index is 0.449. The molecule has 212 valence electrons. The van der Waals surface area contributed by atoms with Crippen LogP contribution in [0.15, 0.2) is 103 Å². The highest BCUT2D eigenvalue weighted by atomic mass is 35.5. The number of halogens is 1. The van der Waals surface area contributed by atoms with Gasteiger partial charge in [-0.05, 0) is 66.2 Å². The van der Waals surface area contributed by atoms with Crippen molar-refractivity contribution in [3.05, 3.63) is 114 Å². The number of anilines is 3. The van der Waals surface area contributed by atoms with Gasteiger partial charge in [-0.2, -0.15) is 0 Å². The first-order chi connectivity index (χ1) is 21.1. The summed E-state index contributed by atoms with van der Waals surface area (Å²) in [6.07, 6.45) is 3.55. The lowest BCUT2D eigenvalue weighted by atomic mass is 10.1. The van der Waals surface area contributed by atoms with Crippen molar-refractivity contribution >= 4 is 50.9 Å². The Morgan fingerprint density at radius 1 is 0.907 bits per heavy atom. The van der Waals surface area contributed by atoms with Crippen LogP contribution in [0, 0.1) is 0 Å². The second-order valence-corrected chi connectivity index (χ2v) is 10.6. The van der Waals surface area contributed by atoms with Crippen LogP contribution in [0.5, 0.6) is 5.75 Å². The highest BCUT2D eigenvalue weighted by molar-refractivity contribution is 6.33. The quantitative estimate of drug-likeness (QED) is 0.167. The Morgan fingerprint density at radius 2 is 1.70 bits per heavy atom. The number of fused-ring (bicyclic) bond motifs is 2. The maximum atomic E-state index is 6.56. The summed E-state index contributed by atoms with van der Waals surface area (Å²) < 4.78 is 7.59. The molecule has 0 aliphatic rings. The Morgan fingerprint density at radius 3 is 2.49 bits per heavy atom. The molecule has 7 rings (SSSR count). The fourth-order valence-electron chi connectivity index (χ4n) is 5.30. The van der Waals surface area contributed by atoms with Crippen molar-refractivity contribution in [1.82, 2.24) is 24.5 Å². The number of ether oxygens (including phenoxy) is 1. The summed E-state index contributed by atoms with van der Waals surface area (Å²) in [6.45, 7) is 0.657. The van der Waals surface area contributed by atoms with Gasteiger partial charge in [0.2, 0.25) is 5.95 Å². The topological polar surface area (TPSA) is 92.7 Å². The van der Waals surface area contributed by atoms with E-state index < -0.39 is 0 Å². The molecule has 0 saturated carbocycles. The van der Waals surface area contributed by atoms with E-state index in [-0.39, 0.29) is 0 Å². The standard InChI is InChI=1S/C34H28ClN7O/c1-36-23-11-9-22(10-12-23)33-40-30-17-24(13-16-31(30)42(33)20-21-7-14-25(43-2)15-8-21)39-34-38-19-28(35)32(41-34)27-18-37-29-6-4-3-5-26(27)29/h3-19,36-37H,20H2,1-2H3,(H,38,39,41). The van der Waals surface area contributed by atoms with Gasteiger partial charge in [0.15, 0.2) is 0 Å². The van der Waals surface area contributed by atoms with E-state index in [9.17, 15) is 0 Å². The lowest BCUT2D eigenvalue weighted by Gasteiger charge is -2.11. The molecule has 4 aromatic carbocycles. The van der Waals surface area contributed by atoms with E-state index in [0.717, 1.165) is 61.6 Å². The highest BCUT2D eigenvalue weighted by Gasteiger charge is 2.16. The molecule has 0 fully saturated rings. The molecule has 0 aliphatic heterocycles. The maximum Gasteiger partial charge on any atom is 0.227 e. The van der Waals surface area contributed by atoms with Crippen LogP contribution in [-0.2, 0) is 6.54 Å². The molecule has 3 N–H and O–H groups in total. The summed E-state index contributed by atoms with van der Waals surface area (Å²) >= 11 is 6.56. The van der Waals surface area contributed by atoms with Crippen LogP contribution in [0.2, 0.25) is 5.02 Å². The molecule has 0 unspecified atom stereocenters. The van der Waals surface area contributed by atoms with Gasteiger partial charge in [-0.1, -0.05) is 41.9 Å². The third kappa shape index (κ3) is 5.13. The zero-order valence-electron chi connectivity index (χ0n) is 23.6.